The van der Waals surface area contributed by atoms with Gasteiger partial charge in [0.2, 0.25) is 0 Å². The highest BCUT2D eigenvalue weighted by atomic mass is 16.5. The Morgan fingerprint density at radius 1 is 1.27 bits per heavy atom. The van der Waals surface area contributed by atoms with Gasteiger partial charge in [-0.2, -0.15) is 0 Å². The van der Waals surface area contributed by atoms with Gasteiger partial charge in [-0.3, -0.25) is 4.99 Å². The summed E-state index contributed by atoms with van der Waals surface area (Å²) in [6.07, 6.45) is 2.70. The van der Waals surface area contributed by atoms with E-state index >= 15 is 0 Å². The maximum absolute atomic E-state index is 10.1. The number of nitrogens with zero attached hydrogens (tertiary/aromatic N) is 2. The molecule has 0 saturated carbocycles. The molecule has 2 N–H and O–H groups in total. The van der Waals surface area contributed by atoms with Crippen LogP contribution in [0, 0.1) is 5.92 Å². The first-order valence-corrected chi connectivity index (χ1v) is 9.63. The average Bonchev–Trinajstić information content (AvgIpc) is 2.66. The topological polar surface area (TPSA) is 57.1 Å². The molecule has 0 radical (unpaired) electrons. The van der Waals surface area contributed by atoms with E-state index in [9.17, 15) is 5.11 Å². The predicted octanol–water partition coefficient (Wildman–Crippen LogP) is 2.77. The number of aliphatic hydroxyl groups is 1. The zero-order valence-corrected chi connectivity index (χ0v) is 16.3. The smallest absolute Gasteiger partial charge is 0.194 e. The lowest BCUT2D eigenvalue weighted by Crippen LogP contribution is -2.44. The van der Waals surface area contributed by atoms with Gasteiger partial charge in [0, 0.05) is 26.2 Å². The molecule has 0 spiro atoms. The van der Waals surface area contributed by atoms with E-state index in [1.54, 1.807) is 0 Å². The quantitative estimate of drug-likeness (QED) is 0.554. The van der Waals surface area contributed by atoms with E-state index in [1.807, 2.05) is 6.07 Å². The molecule has 1 unspecified atom stereocenters. The van der Waals surface area contributed by atoms with Crippen molar-refractivity contribution in [3.8, 4) is 0 Å². The molecule has 1 aliphatic rings. The van der Waals surface area contributed by atoms with Gasteiger partial charge in [-0.25, -0.2) is 0 Å². The maximum atomic E-state index is 10.1. The van der Waals surface area contributed by atoms with Crippen LogP contribution >= 0.6 is 0 Å². The zero-order chi connectivity index (χ0) is 18.8. The summed E-state index contributed by atoms with van der Waals surface area (Å²) in [5.41, 5.74) is 2.69. The molecule has 1 heterocycles. The summed E-state index contributed by atoms with van der Waals surface area (Å²) in [5, 5.41) is 13.4. The van der Waals surface area contributed by atoms with Crippen LogP contribution in [0.25, 0.3) is 5.57 Å². The first-order valence-electron chi connectivity index (χ1n) is 9.63. The molecule has 144 valence electrons. The molecule has 0 fully saturated rings. The van der Waals surface area contributed by atoms with E-state index in [0.29, 0.717) is 25.7 Å². The van der Waals surface area contributed by atoms with Gasteiger partial charge in [-0.15, -0.1) is 0 Å². The first kappa shape index (κ1) is 20.5. The highest BCUT2D eigenvalue weighted by Crippen LogP contribution is 2.21. The van der Waals surface area contributed by atoms with Crippen LogP contribution in [0.4, 0.5) is 0 Å². The number of aliphatic hydroxyl groups excluding tert-OH is 1. The average molecular weight is 360 g/mol. The fraction of sp³-hybridized carbons (Fsp3) is 0.571. The van der Waals surface area contributed by atoms with Crippen LogP contribution in [0.3, 0.4) is 0 Å². The Bertz CT molecular complexity index is 584. The number of guanidine groups is 1. The second-order valence-corrected chi connectivity index (χ2v) is 7.07. The minimum Gasteiger partial charge on any atom is -0.389 e. The van der Waals surface area contributed by atoms with Crippen LogP contribution in [-0.4, -0.2) is 61.5 Å². The van der Waals surface area contributed by atoms with Crippen molar-refractivity contribution in [1.82, 2.24) is 10.2 Å². The molecule has 0 bridgehead atoms. The number of nitrogens with one attached hydrogen (secondary N) is 1. The molecule has 0 amide bonds. The number of hydrogen-bond acceptors (Lipinski definition) is 3. The van der Waals surface area contributed by atoms with E-state index < -0.39 is 6.10 Å². The van der Waals surface area contributed by atoms with E-state index in [1.165, 1.54) is 11.1 Å². The molecule has 0 aliphatic carbocycles. The Morgan fingerprint density at radius 3 is 2.65 bits per heavy atom. The fourth-order valence-corrected chi connectivity index (χ4v) is 2.89. The third kappa shape index (κ3) is 6.81. The van der Waals surface area contributed by atoms with Crippen molar-refractivity contribution in [3.05, 3.63) is 42.0 Å². The van der Waals surface area contributed by atoms with Gasteiger partial charge in [0.25, 0.3) is 0 Å². The van der Waals surface area contributed by atoms with Crippen LogP contribution in [0.1, 0.15) is 32.8 Å². The number of hydrogen-bond donors (Lipinski definition) is 2. The molecule has 0 saturated heterocycles. The summed E-state index contributed by atoms with van der Waals surface area (Å²) < 4.78 is 5.49. The molecule has 1 aromatic rings. The fourth-order valence-electron chi connectivity index (χ4n) is 2.89. The first-order chi connectivity index (χ1) is 12.6. The van der Waals surface area contributed by atoms with Crippen molar-refractivity contribution in [2.24, 2.45) is 10.9 Å². The second-order valence-electron chi connectivity index (χ2n) is 7.07. The summed E-state index contributed by atoms with van der Waals surface area (Å²) in [4.78, 5) is 6.84. The highest BCUT2D eigenvalue weighted by Gasteiger charge is 2.16. The summed E-state index contributed by atoms with van der Waals surface area (Å²) in [6.45, 7) is 10.2. The third-order valence-electron chi connectivity index (χ3n) is 4.20. The molecule has 1 aromatic carbocycles. The van der Waals surface area contributed by atoms with Crippen molar-refractivity contribution in [2.75, 3.05) is 39.4 Å². The van der Waals surface area contributed by atoms with Crippen LogP contribution in [-0.2, 0) is 4.74 Å². The van der Waals surface area contributed by atoms with Crippen LogP contribution < -0.4 is 5.32 Å². The van der Waals surface area contributed by atoms with Gasteiger partial charge in [0.15, 0.2) is 5.96 Å². The van der Waals surface area contributed by atoms with Gasteiger partial charge < -0.3 is 20.1 Å². The summed E-state index contributed by atoms with van der Waals surface area (Å²) in [5.74, 6) is 1.33. The molecule has 26 heavy (non-hydrogen) atoms. The molecule has 5 nitrogen and oxygen atoms in total. The van der Waals surface area contributed by atoms with E-state index in [4.69, 9.17) is 4.74 Å². The Labute approximate surface area is 157 Å². The Morgan fingerprint density at radius 2 is 2.04 bits per heavy atom. The minimum atomic E-state index is -0.567. The van der Waals surface area contributed by atoms with Gasteiger partial charge in [0.05, 0.1) is 19.3 Å². The van der Waals surface area contributed by atoms with Crippen molar-refractivity contribution >= 4 is 11.5 Å². The lowest BCUT2D eigenvalue weighted by molar-refractivity contribution is 0.0300. The van der Waals surface area contributed by atoms with E-state index in [2.05, 4.69) is 66.3 Å². The summed E-state index contributed by atoms with van der Waals surface area (Å²) >= 11 is 0. The third-order valence-corrected chi connectivity index (χ3v) is 4.20. The molecular formula is C21H33N3O2. The molecular weight excluding hydrogens is 326 g/mol. The normalized spacial score (nSPS) is 16.6. The Hall–Kier alpha value is -1.85. The van der Waals surface area contributed by atoms with Gasteiger partial charge in [0.1, 0.15) is 0 Å². The molecule has 5 heteroatoms. The van der Waals surface area contributed by atoms with Crippen molar-refractivity contribution < 1.29 is 9.84 Å². The van der Waals surface area contributed by atoms with Crippen LogP contribution in [0.5, 0.6) is 0 Å². The number of benzene rings is 1. The predicted molar refractivity (Wildman–Crippen MR) is 108 cm³/mol. The van der Waals surface area contributed by atoms with Gasteiger partial charge in [-0.1, -0.05) is 50.3 Å². The van der Waals surface area contributed by atoms with E-state index in [-0.39, 0.29) is 0 Å². The van der Waals surface area contributed by atoms with Gasteiger partial charge in [-0.05, 0) is 30.4 Å². The van der Waals surface area contributed by atoms with Crippen molar-refractivity contribution in [2.45, 2.75) is 33.3 Å². The Kier molecular flexibility index (Phi) is 8.65. The maximum Gasteiger partial charge on any atom is 0.194 e. The molecule has 2 rings (SSSR count). The van der Waals surface area contributed by atoms with Crippen molar-refractivity contribution in [3.63, 3.8) is 0 Å². The van der Waals surface area contributed by atoms with Crippen molar-refractivity contribution in [1.29, 1.82) is 0 Å². The number of rotatable bonds is 8. The zero-order valence-electron chi connectivity index (χ0n) is 16.3. The van der Waals surface area contributed by atoms with Crippen LogP contribution in [0.2, 0.25) is 0 Å². The summed E-state index contributed by atoms with van der Waals surface area (Å²) in [6, 6.07) is 10.5. The molecule has 1 aliphatic heterocycles. The summed E-state index contributed by atoms with van der Waals surface area (Å²) in [7, 11) is 0. The molecule has 1 atom stereocenters. The monoisotopic (exact) mass is 359 g/mol. The Balaban J connectivity index is 1.90. The highest BCUT2D eigenvalue weighted by molar-refractivity contribution is 5.81. The lowest BCUT2D eigenvalue weighted by Gasteiger charge is -2.30. The van der Waals surface area contributed by atoms with Crippen LogP contribution in [0.15, 0.2) is 41.4 Å². The minimum absolute atomic E-state index is 0.332. The SMILES string of the molecule is CCNC(=NCC(O)COCC(C)C)N1CC=C(c2ccccc2)CC1. The van der Waals surface area contributed by atoms with E-state index in [0.717, 1.165) is 32.0 Å². The lowest BCUT2D eigenvalue weighted by atomic mass is 10.00. The largest absolute Gasteiger partial charge is 0.389 e. The molecule has 0 aromatic heterocycles. The number of aliphatic imine (C=N–C) groups is 1. The number of ether oxygens (including phenoxy) is 1. The standard InChI is InChI=1S/C21H33N3O2/c1-4-22-21(23-14-20(25)16-26-15-17(2)3)24-12-10-19(11-13-24)18-8-6-5-7-9-18/h5-10,17,20,25H,4,11-16H2,1-3H3,(H,22,23). The second kappa shape index (κ2) is 11.0. The van der Waals surface area contributed by atoms with Gasteiger partial charge >= 0.3 is 0 Å².